The molecule has 39 heavy (non-hydrogen) atoms. The van der Waals surface area contributed by atoms with Crippen LogP contribution in [0.25, 0.3) is 59.8 Å². The van der Waals surface area contributed by atoms with Crippen LogP contribution >= 0.6 is 0 Å². The van der Waals surface area contributed by atoms with Gasteiger partial charge in [-0.05, 0) is 75.6 Å². The molecule has 7 rings (SSSR count). The van der Waals surface area contributed by atoms with Gasteiger partial charge in [-0.1, -0.05) is 84.0 Å². The Morgan fingerprint density at radius 2 is 1.41 bits per heavy atom. The minimum Gasteiger partial charge on any atom is -0.307 e. The number of aromatic nitrogens is 2. The third-order valence-electron chi connectivity index (χ3n) is 8.95. The molecular formula is C37H39N2+. The number of pyridine rings is 2. The van der Waals surface area contributed by atoms with Crippen molar-refractivity contribution in [1.29, 1.82) is 0 Å². The Balaban J connectivity index is 1.79. The van der Waals surface area contributed by atoms with E-state index in [9.17, 15) is 0 Å². The largest absolute Gasteiger partial charge is 0.307 e. The van der Waals surface area contributed by atoms with Gasteiger partial charge in [0.1, 0.15) is 7.05 Å². The van der Waals surface area contributed by atoms with Crippen LogP contribution in [0.1, 0.15) is 63.8 Å². The fourth-order valence-electron chi connectivity index (χ4n) is 7.10. The molecule has 0 bridgehead atoms. The summed E-state index contributed by atoms with van der Waals surface area (Å²) in [6.45, 7) is 18.6. The highest BCUT2D eigenvalue weighted by Gasteiger charge is 2.27. The Kier molecular flexibility index (Phi) is 4.83. The maximum absolute atomic E-state index is 2.61. The Morgan fingerprint density at radius 1 is 0.692 bits per heavy atom. The molecular weight excluding hydrogens is 472 g/mol. The minimum absolute atomic E-state index is 0.0832. The van der Waals surface area contributed by atoms with Gasteiger partial charge in [-0.15, -0.1) is 0 Å². The fraction of sp³-hybridized carbons (Fsp3) is 0.324. The van der Waals surface area contributed by atoms with Gasteiger partial charge >= 0.3 is 0 Å². The second-order valence-electron chi connectivity index (χ2n) is 14.1. The minimum atomic E-state index is 0.0832. The van der Waals surface area contributed by atoms with Gasteiger partial charge < -0.3 is 4.40 Å². The number of nitrogens with zero attached hydrogens (tertiary/aromatic N) is 2. The van der Waals surface area contributed by atoms with Crippen LogP contribution in [0.5, 0.6) is 0 Å². The number of aryl methyl sites for hydroxylation is 3. The van der Waals surface area contributed by atoms with Crippen molar-refractivity contribution < 1.29 is 4.57 Å². The molecule has 0 N–H and O–H groups in total. The molecule has 0 saturated carbocycles. The third kappa shape index (κ3) is 3.37. The molecule has 3 heterocycles. The summed E-state index contributed by atoms with van der Waals surface area (Å²) in [6, 6.07) is 21.3. The molecule has 196 valence electrons. The first kappa shape index (κ1) is 24.4. The van der Waals surface area contributed by atoms with Crippen molar-refractivity contribution in [1.82, 2.24) is 4.40 Å². The summed E-state index contributed by atoms with van der Waals surface area (Å²) in [5, 5.41) is 9.47. The van der Waals surface area contributed by atoms with E-state index in [1.54, 1.807) is 0 Å². The average Bonchev–Trinajstić information content (AvgIpc) is 3.20. The first-order valence-electron chi connectivity index (χ1n) is 14.3. The maximum atomic E-state index is 2.61. The molecule has 0 unspecified atom stereocenters. The van der Waals surface area contributed by atoms with E-state index >= 15 is 0 Å². The molecule has 0 radical (unpaired) electrons. The highest BCUT2D eigenvalue weighted by atomic mass is 15.0. The number of hydrogen-bond acceptors (Lipinski definition) is 0. The van der Waals surface area contributed by atoms with Crippen LogP contribution < -0.4 is 4.57 Å². The van der Waals surface area contributed by atoms with E-state index in [-0.39, 0.29) is 10.8 Å². The first-order valence-corrected chi connectivity index (χ1v) is 14.3. The standard InChI is InChI=1S/C37H39N2/c1-21-29-18-23(20-36(3,4)5)10-13-26(29)22(2)33-31(21)35-32-24(16-17-38(35)9)11-14-28-27-15-12-25(37(6,7)8)19-30(27)39(33)34(28)32/h10-19H,20H2,1-9H3/q+1. The Bertz CT molecular complexity index is 2120. The number of hydrogen-bond donors (Lipinski definition) is 0. The Morgan fingerprint density at radius 3 is 2.13 bits per heavy atom. The van der Waals surface area contributed by atoms with E-state index in [0.29, 0.717) is 0 Å². The zero-order valence-corrected chi connectivity index (χ0v) is 24.9. The van der Waals surface area contributed by atoms with Gasteiger partial charge in [0, 0.05) is 16.8 Å². The molecule has 0 aliphatic heterocycles. The summed E-state index contributed by atoms with van der Waals surface area (Å²) in [4.78, 5) is 0. The van der Waals surface area contributed by atoms with Crippen LogP contribution in [0, 0.1) is 19.3 Å². The summed E-state index contributed by atoms with van der Waals surface area (Å²) < 4.78 is 4.95. The van der Waals surface area contributed by atoms with Crippen molar-refractivity contribution in [2.45, 2.75) is 67.2 Å². The molecule has 0 spiro atoms. The van der Waals surface area contributed by atoms with E-state index in [4.69, 9.17) is 0 Å². The molecule has 0 fully saturated rings. The van der Waals surface area contributed by atoms with Gasteiger partial charge in [0.15, 0.2) is 6.20 Å². The summed E-state index contributed by atoms with van der Waals surface area (Å²) in [6.07, 6.45) is 3.31. The monoisotopic (exact) mass is 511 g/mol. The van der Waals surface area contributed by atoms with Crippen molar-refractivity contribution in [3.05, 3.63) is 83.0 Å². The van der Waals surface area contributed by atoms with Gasteiger partial charge in [-0.2, -0.15) is 0 Å². The maximum Gasteiger partial charge on any atom is 0.224 e. The molecule has 7 aromatic rings. The van der Waals surface area contributed by atoms with Crippen LogP contribution in [-0.4, -0.2) is 4.40 Å². The van der Waals surface area contributed by atoms with Crippen molar-refractivity contribution >= 4 is 59.8 Å². The van der Waals surface area contributed by atoms with Crippen molar-refractivity contribution in [2.24, 2.45) is 12.5 Å². The van der Waals surface area contributed by atoms with Crippen LogP contribution in [0.15, 0.2) is 60.8 Å². The average molecular weight is 512 g/mol. The van der Waals surface area contributed by atoms with E-state index in [2.05, 4.69) is 132 Å². The molecule has 0 aliphatic rings. The normalized spacial score (nSPS) is 13.4. The highest BCUT2D eigenvalue weighted by molar-refractivity contribution is 6.28. The molecule has 3 aromatic heterocycles. The van der Waals surface area contributed by atoms with Gasteiger partial charge in [0.25, 0.3) is 0 Å². The van der Waals surface area contributed by atoms with E-state index in [1.807, 2.05) is 0 Å². The zero-order chi connectivity index (χ0) is 27.6. The van der Waals surface area contributed by atoms with Crippen molar-refractivity contribution in [2.75, 3.05) is 0 Å². The SMILES string of the molecule is Cc1c2cc(CC(C)(C)C)ccc2c(C)c2c1c1c3c(ccc4c5ccc(C(C)(C)C)cc5n2c43)cc[n+]1C. The second-order valence-corrected chi connectivity index (χ2v) is 14.1. The number of fused-ring (bicyclic) bond motifs is 7. The number of rotatable bonds is 1. The predicted molar refractivity (Wildman–Crippen MR) is 169 cm³/mol. The Labute approximate surface area is 231 Å². The van der Waals surface area contributed by atoms with Crippen LogP contribution in [0.2, 0.25) is 0 Å². The molecule has 0 aliphatic carbocycles. The number of benzene rings is 4. The van der Waals surface area contributed by atoms with Crippen molar-refractivity contribution in [3.63, 3.8) is 0 Å². The Hall–Kier alpha value is -3.65. The van der Waals surface area contributed by atoms with Gasteiger partial charge in [0.2, 0.25) is 5.52 Å². The fourth-order valence-corrected chi connectivity index (χ4v) is 7.10. The van der Waals surface area contributed by atoms with Crippen LogP contribution in [-0.2, 0) is 18.9 Å². The van der Waals surface area contributed by atoms with E-state index in [1.165, 1.54) is 82.0 Å². The molecule has 2 heteroatoms. The summed E-state index contributed by atoms with van der Waals surface area (Å²) in [5.74, 6) is 0. The molecule has 4 aromatic carbocycles. The van der Waals surface area contributed by atoms with Crippen molar-refractivity contribution in [3.8, 4) is 0 Å². The lowest BCUT2D eigenvalue weighted by molar-refractivity contribution is -0.643. The van der Waals surface area contributed by atoms with Gasteiger partial charge in [-0.25, -0.2) is 4.57 Å². The lowest BCUT2D eigenvalue weighted by Gasteiger charge is -2.21. The molecule has 0 amide bonds. The van der Waals surface area contributed by atoms with E-state index in [0.717, 1.165) is 6.42 Å². The summed E-state index contributed by atoms with van der Waals surface area (Å²) >= 11 is 0. The molecule has 0 saturated heterocycles. The molecule has 0 atom stereocenters. The summed E-state index contributed by atoms with van der Waals surface area (Å²) in [5.41, 5.74) is 11.2. The van der Waals surface area contributed by atoms with Crippen LogP contribution in [0.3, 0.4) is 0 Å². The van der Waals surface area contributed by atoms with E-state index < -0.39 is 0 Å². The highest BCUT2D eigenvalue weighted by Crippen LogP contribution is 2.44. The third-order valence-corrected chi connectivity index (χ3v) is 8.95. The predicted octanol–water partition coefficient (Wildman–Crippen LogP) is 9.47. The lowest BCUT2D eigenvalue weighted by atomic mass is 9.86. The van der Waals surface area contributed by atoms with Gasteiger partial charge in [0.05, 0.1) is 27.3 Å². The lowest BCUT2D eigenvalue weighted by Crippen LogP contribution is -2.29. The quantitative estimate of drug-likeness (QED) is 0.118. The second kappa shape index (κ2) is 7.72. The van der Waals surface area contributed by atoms with Crippen LogP contribution in [0.4, 0.5) is 0 Å². The topological polar surface area (TPSA) is 8.29 Å². The summed E-state index contributed by atoms with van der Waals surface area (Å²) in [7, 11) is 2.21. The first-order chi connectivity index (χ1) is 18.3. The smallest absolute Gasteiger partial charge is 0.224 e. The molecule has 2 nitrogen and oxygen atoms in total. The zero-order valence-electron chi connectivity index (χ0n) is 24.9. The van der Waals surface area contributed by atoms with Gasteiger partial charge in [-0.3, -0.25) is 0 Å².